The summed E-state index contributed by atoms with van der Waals surface area (Å²) in [5, 5.41) is 8.31. The number of rotatable bonds is 5. The van der Waals surface area contributed by atoms with Gasteiger partial charge < -0.3 is 9.32 Å². The van der Waals surface area contributed by atoms with Crippen LogP contribution < -0.4 is 0 Å². The van der Waals surface area contributed by atoms with E-state index >= 15 is 0 Å². The van der Waals surface area contributed by atoms with Gasteiger partial charge in [0.1, 0.15) is 0 Å². The molecule has 7 nitrogen and oxygen atoms in total. The third kappa shape index (κ3) is 4.21. The Bertz CT molecular complexity index is 879. The van der Waals surface area contributed by atoms with Crippen molar-refractivity contribution < 1.29 is 17.6 Å². The SMILES string of the molecule is Cc1ccccc1-c1nnc(SCC(=O)N(C)[C@H]2CCS(=O)(=O)C2)o1. The molecule has 1 aliphatic rings. The van der Waals surface area contributed by atoms with Crippen LogP contribution in [0, 0.1) is 6.92 Å². The molecule has 0 spiro atoms. The van der Waals surface area contributed by atoms with Gasteiger partial charge in [0.25, 0.3) is 5.22 Å². The van der Waals surface area contributed by atoms with Crippen molar-refractivity contribution in [3.63, 3.8) is 0 Å². The highest BCUT2D eigenvalue weighted by Crippen LogP contribution is 2.26. The maximum Gasteiger partial charge on any atom is 0.277 e. The molecule has 1 fully saturated rings. The van der Waals surface area contributed by atoms with Gasteiger partial charge in [-0.05, 0) is 25.0 Å². The van der Waals surface area contributed by atoms with Crippen LogP contribution in [0.15, 0.2) is 33.9 Å². The van der Waals surface area contributed by atoms with E-state index in [0.29, 0.717) is 17.5 Å². The lowest BCUT2D eigenvalue weighted by Gasteiger charge is -2.22. The molecule has 1 aromatic heterocycles. The lowest BCUT2D eigenvalue weighted by atomic mass is 10.1. The Kier molecular flexibility index (Phi) is 5.14. The van der Waals surface area contributed by atoms with Crippen molar-refractivity contribution >= 4 is 27.5 Å². The molecule has 9 heteroatoms. The number of carbonyl (C=O) groups excluding carboxylic acids is 1. The van der Waals surface area contributed by atoms with Crippen LogP contribution in [0.4, 0.5) is 0 Å². The fourth-order valence-electron chi connectivity index (χ4n) is 2.70. The first-order valence-electron chi connectivity index (χ1n) is 7.84. The Morgan fingerprint density at radius 2 is 2.12 bits per heavy atom. The maximum absolute atomic E-state index is 12.3. The fourth-order valence-corrected chi connectivity index (χ4v) is 5.16. The summed E-state index contributed by atoms with van der Waals surface area (Å²) in [6.07, 6.45) is 0.493. The van der Waals surface area contributed by atoms with Crippen LogP contribution >= 0.6 is 11.8 Å². The molecule has 2 heterocycles. The van der Waals surface area contributed by atoms with Crippen molar-refractivity contribution in [2.75, 3.05) is 24.3 Å². The molecule has 0 radical (unpaired) electrons. The van der Waals surface area contributed by atoms with E-state index in [1.165, 1.54) is 4.90 Å². The second-order valence-corrected chi connectivity index (χ2v) is 9.19. The highest BCUT2D eigenvalue weighted by atomic mass is 32.2. The topological polar surface area (TPSA) is 93.4 Å². The second-order valence-electron chi connectivity index (χ2n) is 6.04. The Balaban J connectivity index is 1.59. The lowest BCUT2D eigenvalue weighted by Crippen LogP contribution is -2.38. The standard InChI is InChI=1S/C16H19N3O4S2/c1-11-5-3-4-6-13(11)15-17-18-16(23-15)24-9-14(20)19(2)12-7-8-25(21,22)10-12/h3-6,12H,7-10H2,1-2H3/t12-/m0/s1. The first kappa shape index (κ1) is 17.9. The Morgan fingerprint density at radius 1 is 1.36 bits per heavy atom. The third-order valence-corrected chi connectivity index (χ3v) is 6.80. The molecule has 134 valence electrons. The third-order valence-electron chi connectivity index (χ3n) is 4.25. The monoisotopic (exact) mass is 381 g/mol. The fraction of sp³-hybridized carbons (Fsp3) is 0.438. The smallest absolute Gasteiger partial charge is 0.277 e. The van der Waals surface area contributed by atoms with Gasteiger partial charge in [0.2, 0.25) is 11.8 Å². The van der Waals surface area contributed by atoms with Crippen molar-refractivity contribution in [1.82, 2.24) is 15.1 Å². The molecular weight excluding hydrogens is 362 g/mol. The summed E-state index contributed by atoms with van der Waals surface area (Å²) in [4.78, 5) is 13.8. The van der Waals surface area contributed by atoms with Gasteiger partial charge in [-0.25, -0.2) is 8.42 Å². The summed E-state index contributed by atoms with van der Waals surface area (Å²) in [5.41, 5.74) is 1.89. The van der Waals surface area contributed by atoms with E-state index in [0.717, 1.165) is 22.9 Å². The largest absolute Gasteiger partial charge is 0.411 e. The minimum Gasteiger partial charge on any atom is -0.411 e. The molecule has 1 atom stereocenters. The second kappa shape index (κ2) is 7.17. The number of aryl methyl sites for hydroxylation is 1. The molecule has 1 amide bonds. The number of hydrogen-bond acceptors (Lipinski definition) is 7. The molecule has 1 aromatic carbocycles. The van der Waals surface area contributed by atoms with Gasteiger partial charge in [-0.15, -0.1) is 10.2 Å². The van der Waals surface area contributed by atoms with Gasteiger partial charge in [0.15, 0.2) is 9.84 Å². The van der Waals surface area contributed by atoms with Crippen molar-refractivity contribution in [2.45, 2.75) is 24.6 Å². The van der Waals surface area contributed by atoms with Crippen LogP contribution in [0.3, 0.4) is 0 Å². The van der Waals surface area contributed by atoms with E-state index in [4.69, 9.17) is 4.42 Å². The van der Waals surface area contributed by atoms with E-state index in [1.807, 2.05) is 31.2 Å². The number of nitrogens with zero attached hydrogens (tertiary/aromatic N) is 3. The number of sulfone groups is 1. The summed E-state index contributed by atoms with van der Waals surface area (Å²) in [6.45, 7) is 1.96. The van der Waals surface area contributed by atoms with Crippen molar-refractivity contribution in [2.24, 2.45) is 0 Å². The van der Waals surface area contributed by atoms with Crippen LogP contribution in [0.25, 0.3) is 11.5 Å². The number of aromatic nitrogens is 2. The first-order valence-corrected chi connectivity index (χ1v) is 10.6. The highest BCUT2D eigenvalue weighted by Gasteiger charge is 2.32. The lowest BCUT2D eigenvalue weighted by molar-refractivity contribution is -0.128. The first-order chi connectivity index (χ1) is 11.9. The molecule has 3 rings (SSSR count). The number of carbonyl (C=O) groups is 1. The Hall–Kier alpha value is -1.87. The van der Waals surface area contributed by atoms with E-state index in [2.05, 4.69) is 10.2 Å². The van der Waals surface area contributed by atoms with Gasteiger partial charge in [0, 0.05) is 18.7 Å². The number of amides is 1. The van der Waals surface area contributed by atoms with Crippen molar-refractivity contribution in [3.05, 3.63) is 29.8 Å². The van der Waals surface area contributed by atoms with Gasteiger partial charge in [-0.2, -0.15) is 0 Å². The predicted molar refractivity (Wildman–Crippen MR) is 95.0 cm³/mol. The van der Waals surface area contributed by atoms with Crippen LogP contribution in [0.1, 0.15) is 12.0 Å². The quantitative estimate of drug-likeness (QED) is 0.729. The van der Waals surface area contributed by atoms with Gasteiger partial charge in [-0.3, -0.25) is 4.79 Å². The van der Waals surface area contributed by atoms with Crippen molar-refractivity contribution in [1.29, 1.82) is 0 Å². The Morgan fingerprint density at radius 3 is 2.80 bits per heavy atom. The molecule has 0 bridgehead atoms. The van der Waals surface area contributed by atoms with E-state index < -0.39 is 9.84 Å². The summed E-state index contributed by atoms with van der Waals surface area (Å²) in [6, 6.07) is 7.44. The van der Waals surface area contributed by atoms with Crippen molar-refractivity contribution in [3.8, 4) is 11.5 Å². The van der Waals surface area contributed by atoms with Gasteiger partial charge in [-0.1, -0.05) is 30.0 Å². The summed E-state index contributed by atoms with van der Waals surface area (Å²) in [5.74, 6) is 0.581. The van der Waals surface area contributed by atoms with E-state index in [-0.39, 0.29) is 29.2 Å². The number of benzene rings is 1. The summed E-state index contributed by atoms with van der Waals surface area (Å²) < 4.78 is 28.7. The maximum atomic E-state index is 12.3. The molecule has 0 aliphatic carbocycles. The normalized spacial score (nSPS) is 19.0. The molecule has 0 unspecified atom stereocenters. The minimum absolute atomic E-state index is 0.0396. The highest BCUT2D eigenvalue weighted by molar-refractivity contribution is 7.99. The summed E-state index contributed by atoms with van der Waals surface area (Å²) >= 11 is 1.16. The average Bonchev–Trinajstić information content (AvgIpc) is 3.18. The minimum atomic E-state index is -3.01. The van der Waals surface area contributed by atoms with E-state index in [9.17, 15) is 13.2 Å². The molecule has 0 N–H and O–H groups in total. The number of thioether (sulfide) groups is 1. The zero-order valence-corrected chi connectivity index (χ0v) is 15.6. The molecule has 1 saturated heterocycles. The summed E-state index contributed by atoms with van der Waals surface area (Å²) in [7, 11) is -1.37. The van der Waals surface area contributed by atoms with Gasteiger partial charge >= 0.3 is 0 Å². The molecule has 1 aliphatic heterocycles. The van der Waals surface area contributed by atoms with Crippen LogP contribution in [-0.4, -0.2) is 59.8 Å². The average molecular weight is 381 g/mol. The van der Waals surface area contributed by atoms with Crippen LogP contribution in [0.2, 0.25) is 0 Å². The molecule has 0 saturated carbocycles. The molecule has 2 aromatic rings. The zero-order valence-electron chi connectivity index (χ0n) is 14.0. The molecule has 25 heavy (non-hydrogen) atoms. The Labute approximate surface area is 150 Å². The van der Waals surface area contributed by atoms with Gasteiger partial charge in [0.05, 0.1) is 17.3 Å². The number of hydrogen-bond donors (Lipinski definition) is 0. The molecular formula is C16H19N3O4S2. The van der Waals surface area contributed by atoms with Crippen LogP contribution in [-0.2, 0) is 14.6 Å². The van der Waals surface area contributed by atoms with Crippen LogP contribution in [0.5, 0.6) is 0 Å². The predicted octanol–water partition coefficient (Wildman–Crippen LogP) is 1.78. The zero-order chi connectivity index (χ0) is 18.0. The van der Waals surface area contributed by atoms with E-state index in [1.54, 1.807) is 7.05 Å².